The average molecular weight is 966 g/mol. The molecule has 4 heterocycles. The molecule has 4 aliphatic heterocycles. The third-order valence-electron chi connectivity index (χ3n) is 10.6. The van der Waals surface area contributed by atoms with Crippen molar-refractivity contribution in [3.63, 3.8) is 0 Å². The summed E-state index contributed by atoms with van der Waals surface area (Å²) >= 11 is 21.5. The summed E-state index contributed by atoms with van der Waals surface area (Å²) in [7, 11) is 0. The maximum atomic E-state index is 7.79. The zero-order valence-electron chi connectivity index (χ0n) is 29.1. The van der Waals surface area contributed by atoms with Crippen LogP contribution in [-0.4, -0.2) is 19.7 Å². The molecule has 0 aliphatic carbocycles. The zero-order chi connectivity index (χ0) is 36.3. The van der Waals surface area contributed by atoms with Gasteiger partial charge in [-0.25, -0.2) is 0 Å². The van der Waals surface area contributed by atoms with Crippen LogP contribution >= 0.6 is 46.4 Å². The number of nitrogens with zero attached hydrogens (tertiary/aromatic N) is 1. The molecule has 4 aliphatic rings. The maximum absolute atomic E-state index is 7.79. The first kappa shape index (κ1) is 33.2. The monoisotopic (exact) mass is 963 g/mol. The van der Waals surface area contributed by atoms with Crippen molar-refractivity contribution in [3.8, 4) is 34.5 Å². The van der Waals surface area contributed by atoms with Crippen molar-refractivity contribution in [3.05, 3.63) is 116 Å². The molecule has 0 fully saturated rings. The Morgan fingerprint density at radius 3 is 1.50 bits per heavy atom. The molecule has 0 bridgehead atoms. The molecule has 0 N–H and O–H groups in total. The van der Waals surface area contributed by atoms with E-state index >= 15 is 0 Å². The summed E-state index contributed by atoms with van der Waals surface area (Å²) in [5.74, 6) is 3.15. The van der Waals surface area contributed by atoms with E-state index in [1.807, 2.05) is 18.2 Å². The van der Waals surface area contributed by atoms with E-state index in [4.69, 9.17) is 61.5 Å². The van der Waals surface area contributed by atoms with Gasteiger partial charge in [0.1, 0.15) is 0 Å². The SMILES string of the molecule is CC(C)(C)c1ccc2[c]3c1Oc1cccc4[c]1[Bi]31([O]c3c(Cl)c(Cl)c(Cl)c(Cl)c3[O]1)[c]1c(ccc(C(C)(C)C)c1O4)N2c1ccc2ccccc2c1. The van der Waals surface area contributed by atoms with E-state index in [0.717, 1.165) is 48.8 Å². The fourth-order valence-corrected chi connectivity index (χ4v) is 31.5. The molecule has 0 saturated heterocycles. The van der Waals surface area contributed by atoms with E-state index in [0.29, 0.717) is 23.0 Å². The van der Waals surface area contributed by atoms with Gasteiger partial charge in [-0.15, -0.1) is 0 Å². The molecule has 5 nitrogen and oxygen atoms in total. The van der Waals surface area contributed by atoms with E-state index in [-0.39, 0.29) is 42.4 Å². The van der Waals surface area contributed by atoms with E-state index in [1.165, 1.54) is 0 Å². The Bertz CT molecular complexity index is 2510. The van der Waals surface area contributed by atoms with Crippen molar-refractivity contribution >= 4 is 104 Å². The van der Waals surface area contributed by atoms with Crippen LogP contribution in [0.25, 0.3) is 10.8 Å². The summed E-state index contributed by atoms with van der Waals surface area (Å²) in [4.78, 5) is 2.29. The first-order valence-corrected chi connectivity index (χ1v) is 26.6. The number of hydrogen-bond donors (Lipinski definition) is 0. The van der Waals surface area contributed by atoms with Crippen molar-refractivity contribution in [1.29, 1.82) is 0 Å². The van der Waals surface area contributed by atoms with Crippen molar-refractivity contribution in [2.75, 3.05) is 4.90 Å². The van der Waals surface area contributed by atoms with Gasteiger partial charge in [-0.3, -0.25) is 0 Å². The standard InChI is InChI=1S/C36H32NO2.C6H2Cl4O2.Bi/c1-35(2,3)31-18-16-27-21-33(31)38-29-12-9-13-30(23-29)39-34-22-28(17-19-32(34)36(4,5)6)37(27)26-15-14-24-10-7-8-11-25(24)20-26;7-1-2(8)4(10)6(12)5(11)3(1)9;/h7-20H,1-6H3;11-12H;/q;;+2/p-2. The van der Waals surface area contributed by atoms with Gasteiger partial charge in [0, 0.05) is 0 Å². The van der Waals surface area contributed by atoms with Crippen LogP contribution < -0.4 is 29.8 Å². The molecular weight excluding hydrogens is 933 g/mol. The fourth-order valence-electron chi connectivity index (χ4n) is 8.40. The fraction of sp³-hybridized carbons (Fsp3) is 0.190. The van der Waals surface area contributed by atoms with Crippen molar-refractivity contribution < 1.29 is 15.1 Å². The van der Waals surface area contributed by atoms with Gasteiger partial charge in [-0.1, -0.05) is 0 Å². The molecule has 6 aromatic rings. The summed E-state index contributed by atoms with van der Waals surface area (Å²) in [6, 6.07) is 29.5. The Morgan fingerprint density at radius 1 is 0.500 bits per heavy atom. The molecule has 0 saturated carbocycles. The van der Waals surface area contributed by atoms with Crippen LogP contribution in [0.5, 0.6) is 34.5 Å². The first-order chi connectivity index (χ1) is 24.6. The second-order valence-corrected chi connectivity index (χ2v) is 31.4. The number of anilines is 3. The van der Waals surface area contributed by atoms with Crippen LogP contribution in [0.1, 0.15) is 52.7 Å². The molecule has 6 aromatic carbocycles. The predicted molar refractivity (Wildman–Crippen MR) is 215 cm³/mol. The van der Waals surface area contributed by atoms with Crippen LogP contribution in [-0.2, 0) is 10.8 Å². The Hall–Kier alpha value is -3.38. The summed E-state index contributed by atoms with van der Waals surface area (Å²) in [6.45, 7) is 13.1. The third kappa shape index (κ3) is 3.96. The van der Waals surface area contributed by atoms with Gasteiger partial charge >= 0.3 is 327 Å². The molecular formula is C42H32BiCl4NO4. The van der Waals surface area contributed by atoms with Crippen LogP contribution in [0.2, 0.25) is 20.1 Å². The zero-order valence-corrected chi connectivity index (χ0v) is 35.6. The molecule has 0 amide bonds. The van der Waals surface area contributed by atoms with Gasteiger partial charge < -0.3 is 0 Å². The van der Waals surface area contributed by atoms with E-state index in [2.05, 4.69) is 113 Å². The van der Waals surface area contributed by atoms with Crippen molar-refractivity contribution in [2.45, 2.75) is 52.4 Å². The molecule has 262 valence electrons. The van der Waals surface area contributed by atoms with Gasteiger partial charge in [0.2, 0.25) is 0 Å². The van der Waals surface area contributed by atoms with Crippen LogP contribution in [0, 0.1) is 0 Å². The number of ether oxygens (including phenoxy) is 2. The topological polar surface area (TPSA) is 40.2 Å². The molecule has 0 unspecified atom stereocenters. The molecule has 52 heavy (non-hydrogen) atoms. The summed E-state index contributed by atoms with van der Waals surface area (Å²) in [5.41, 5.74) is 4.09. The number of benzene rings is 6. The first-order valence-electron chi connectivity index (χ1n) is 17.1. The van der Waals surface area contributed by atoms with E-state index in [9.17, 15) is 0 Å². The predicted octanol–water partition coefficient (Wildman–Crippen LogP) is 11.9. The van der Waals surface area contributed by atoms with Crippen LogP contribution in [0.4, 0.5) is 17.1 Å². The molecule has 10 heteroatoms. The summed E-state index contributed by atoms with van der Waals surface area (Å²) in [6.07, 6.45) is 0. The van der Waals surface area contributed by atoms with Gasteiger partial charge in [0.05, 0.1) is 0 Å². The molecule has 10 rings (SSSR count). The summed E-state index contributed by atoms with van der Waals surface area (Å²) in [5, 5.41) is 2.75. The molecule has 0 aromatic heterocycles. The summed E-state index contributed by atoms with van der Waals surface area (Å²) < 4.78 is 32.3. The molecule has 0 radical (unpaired) electrons. The normalized spacial score (nSPS) is 17.3. The molecule has 1 spiro atoms. The Labute approximate surface area is 324 Å². The minimum atomic E-state index is -6.27. The number of fused-ring (bicyclic) bond motifs is 2. The third-order valence-corrected chi connectivity index (χ3v) is 31.1. The minimum absolute atomic E-state index is 0.103. The van der Waals surface area contributed by atoms with Crippen molar-refractivity contribution in [1.82, 2.24) is 0 Å². The van der Waals surface area contributed by atoms with Gasteiger partial charge in [0.15, 0.2) is 0 Å². The second kappa shape index (κ2) is 10.4. The van der Waals surface area contributed by atoms with E-state index < -0.39 is 19.7 Å². The van der Waals surface area contributed by atoms with Gasteiger partial charge in [-0.2, -0.15) is 0 Å². The number of rotatable bonds is 1. The number of halogens is 4. The Balaban J connectivity index is 1.46. The van der Waals surface area contributed by atoms with Gasteiger partial charge in [-0.05, 0) is 0 Å². The van der Waals surface area contributed by atoms with Crippen LogP contribution in [0.3, 0.4) is 0 Å². The number of hydrogen-bond acceptors (Lipinski definition) is 5. The molecule has 0 atom stereocenters. The Kier molecular flexibility index (Phi) is 6.66. The average Bonchev–Trinajstić information content (AvgIpc) is 3.45. The second-order valence-electron chi connectivity index (χ2n) is 15.8. The quantitative estimate of drug-likeness (QED) is 0.0931. The van der Waals surface area contributed by atoms with Gasteiger partial charge in [0.25, 0.3) is 0 Å². The van der Waals surface area contributed by atoms with Crippen LogP contribution in [0.15, 0.2) is 84.9 Å². The van der Waals surface area contributed by atoms with Crippen molar-refractivity contribution in [2.24, 2.45) is 0 Å². The Morgan fingerprint density at radius 2 is 1.00 bits per heavy atom. The van der Waals surface area contributed by atoms with E-state index in [1.54, 1.807) is 0 Å².